The second kappa shape index (κ2) is 4.59. The highest BCUT2D eigenvalue weighted by molar-refractivity contribution is 9.11. The van der Waals surface area contributed by atoms with Crippen molar-refractivity contribution in [3.05, 3.63) is 20.8 Å². The number of hydrazine groups is 1. The van der Waals surface area contributed by atoms with E-state index in [1.807, 2.05) is 13.0 Å². The minimum Gasteiger partial charge on any atom is -0.287 e. The van der Waals surface area contributed by atoms with Crippen molar-refractivity contribution >= 4 is 33.2 Å². The zero-order chi connectivity index (χ0) is 8.97. The maximum absolute atomic E-state index is 11.2. The van der Waals surface area contributed by atoms with Crippen molar-refractivity contribution < 1.29 is 4.79 Å². The van der Waals surface area contributed by atoms with Crippen LogP contribution < -0.4 is 10.9 Å². The summed E-state index contributed by atoms with van der Waals surface area (Å²) in [7, 11) is 0. The van der Waals surface area contributed by atoms with Gasteiger partial charge in [-0.25, -0.2) is 5.43 Å². The zero-order valence-corrected chi connectivity index (χ0v) is 8.96. The average molecular weight is 249 g/mol. The van der Waals surface area contributed by atoms with Gasteiger partial charge in [0.05, 0.1) is 8.66 Å². The molecule has 0 spiro atoms. The van der Waals surface area contributed by atoms with Crippen molar-refractivity contribution in [2.75, 3.05) is 6.54 Å². The normalized spacial score (nSPS) is 9.83. The van der Waals surface area contributed by atoms with Gasteiger partial charge in [0.15, 0.2) is 0 Å². The molecule has 2 N–H and O–H groups in total. The summed E-state index contributed by atoms with van der Waals surface area (Å²) in [6.45, 7) is 2.64. The number of carbonyl (C=O) groups is 1. The minimum atomic E-state index is -0.0902. The summed E-state index contributed by atoms with van der Waals surface area (Å²) >= 11 is 4.70. The van der Waals surface area contributed by atoms with E-state index in [0.717, 1.165) is 10.3 Å². The summed E-state index contributed by atoms with van der Waals surface area (Å²) in [5, 5.41) is 0. The van der Waals surface area contributed by atoms with Crippen LogP contribution >= 0.6 is 27.3 Å². The Morgan fingerprint density at radius 1 is 1.67 bits per heavy atom. The molecule has 0 saturated heterocycles. The van der Waals surface area contributed by atoms with Gasteiger partial charge in [-0.2, -0.15) is 0 Å². The van der Waals surface area contributed by atoms with Crippen LogP contribution in [-0.2, 0) is 0 Å². The van der Waals surface area contributed by atoms with Gasteiger partial charge in [0.2, 0.25) is 0 Å². The van der Waals surface area contributed by atoms with Gasteiger partial charge < -0.3 is 0 Å². The first kappa shape index (κ1) is 9.70. The highest BCUT2D eigenvalue weighted by Crippen LogP contribution is 2.21. The van der Waals surface area contributed by atoms with Crippen LogP contribution in [0.5, 0.6) is 0 Å². The second-order valence-electron chi connectivity index (χ2n) is 2.09. The Balaban J connectivity index is 2.53. The molecule has 1 amide bonds. The molecule has 1 aromatic heterocycles. The van der Waals surface area contributed by atoms with Crippen molar-refractivity contribution in [3.8, 4) is 0 Å². The lowest BCUT2D eigenvalue weighted by Crippen LogP contribution is -2.36. The minimum absolute atomic E-state index is 0.0902. The number of rotatable bonds is 3. The number of halogens is 1. The number of thiophene rings is 1. The van der Waals surface area contributed by atoms with Gasteiger partial charge in [0.25, 0.3) is 5.91 Å². The van der Waals surface area contributed by atoms with Crippen molar-refractivity contribution in [1.82, 2.24) is 10.9 Å². The lowest BCUT2D eigenvalue weighted by atomic mass is 10.4. The number of nitrogens with one attached hydrogen (secondary N) is 2. The SMILES string of the molecule is CCNNC(=O)c1ccc(Br)s1. The summed E-state index contributed by atoms with van der Waals surface area (Å²) in [5.41, 5.74) is 5.31. The Labute approximate surface area is 83.3 Å². The number of hydrogen-bond acceptors (Lipinski definition) is 3. The average Bonchev–Trinajstić information content (AvgIpc) is 2.47. The highest BCUT2D eigenvalue weighted by atomic mass is 79.9. The van der Waals surface area contributed by atoms with Crippen LogP contribution in [0.4, 0.5) is 0 Å². The summed E-state index contributed by atoms with van der Waals surface area (Å²) < 4.78 is 0.962. The third-order valence-electron chi connectivity index (χ3n) is 1.18. The fourth-order valence-corrected chi connectivity index (χ4v) is 1.95. The molecule has 1 heterocycles. The first-order valence-electron chi connectivity index (χ1n) is 3.52. The summed E-state index contributed by atoms with van der Waals surface area (Å²) in [4.78, 5) is 11.9. The van der Waals surface area contributed by atoms with Gasteiger partial charge in [0, 0.05) is 6.54 Å². The van der Waals surface area contributed by atoms with E-state index in [1.165, 1.54) is 11.3 Å². The molecule has 3 nitrogen and oxygen atoms in total. The molecular weight excluding hydrogens is 240 g/mol. The number of carbonyl (C=O) groups excluding carboxylic acids is 1. The first-order valence-corrected chi connectivity index (χ1v) is 5.13. The molecule has 66 valence electrons. The molecule has 1 aromatic rings. The summed E-state index contributed by atoms with van der Waals surface area (Å²) in [6.07, 6.45) is 0. The van der Waals surface area contributed by atoms with Crippen LogP contribution in [0.1, 0.15) is 16.6 Å². The molecule has 1 rings (SSSR count). The van der Waals surface area contributed by atoms with Crippen LogP contribution in [0, 0.1) is 0 Å². The molecule has 0 radical (unpaired) electrons. The quantitative estimate of drug-likeness (QED) is 0.801. The Morgan fingerprint density at radius 2 is 2.42 bits per heavy atom. The molecule has 0 aromatic carbocycles. The molecule has 0 fully saturated rings. The fourth-order valence-electron chi connectivity index (χ4n) is 0.667. The largest absolute Gasteiger partial charge is 0.287 e. The van der Waals surface area contributed by atoms with Crippen LogP contribution in [0.3, 0.4) is 0 Å². The molecule has 0 atom stereocenters. The number of amides is 1. The van der Waals surface area contributed by atoms with Crippen LogP contribution in [0.25, 0.3) is 0 Å². The van der Waals surface area contributed by atoms with Crippen LogP contribution in [0.15, 0.2) is 15.9 Å². The predicted octanol–water partition coefficient (Wildman–Crippen LogP) is 1.76. The predicted molar refractivity (Wildman–Crippen MR) is 53.2 cm³/mol. The van der Waals surface area contributed by atoms with Crippen LogP contribution in [0.2, 0.25) is 0 Å². The van der Waals surface area contributed by atoms with E-state index >= 15 is 0 Å². The van der Waals surface area contributed by atoms with Gasteiger partial charge in [-0.15, -0.1) is 11.3 Å². The molecule has 0 aliphatic heterocycles. The Bertz CT molecular complexity index is 274. The standard InChI is InChI=1S/C7H9BrN2OS/c1-2-9-10-7(11)5-3-4-6(8)12-5/h3-4,9H,2H2,1H3,(H,10,11). The molecular formula is C7H9BrN2OS. The lowest BCUT2D eigenvalue weighted by molar-refractivity contribution is 0.0938. The van der Waals surface area contributed by atoms with Crippen molar-refractivity contribution in [2.24, 2.45) is 0 Å². The third-order valence-corrected chi connectivity index (χ3v) is 2.80. The van der Waals surface area contributed by atoms with Crippen molar-refractivity contribution in [2.45, 2.75) is 6.92 Å². The molecule has 0 saturated carbocycles. The van der Waals surface area contributed by atoms with Gasteiger partial charge in [-0.05, 0) is 28.1 Å². The molecule has 0 aliphatic rings. The zero-order valence-electron chi connectivity index (χ0n) is 6.56. The van der Waals surface area contributed by atoms with E-state index in [1.54, 1.807) is 6.07 Å². The first-order chi connectivity index (χ1) is 5.74. The number of hydrogen-bond donors (Lipinski definition) is 2. The Kier molecular flexibility index (Phi) is 3.71. The molecule has 0 bridgehead atoms. The van der Waals surface area contributed by atoms with E-state index in [9.17, 15) is 4.79 Å². The maximum atomic E-state index is 11.2. The van der Waals surface area contributed by atoms with Gasteiger partial charge in [-0.3, -0.25) is 10.2 Å². The topological polar surface area (TPSA) is 41.1 Å². The van der Waals surface area contributed by atoms with Gasteiger partial charge >= 0.3 is 0 Å². The van der Waals surface area contributed by atoms with E-state index in [4.69, 9.17) is 0 Å². The van der Waals surface area contributed by atoms with Gasteiger partial charge in [-0.1, -0.05) is 6.92 Å². The Morgan fingerprint density at radius 3 is 2.92 bits per heavy atom. The monoisotopic (exact) mass is 248 g/mol. The molecule has 5 heteroatoms. The van der Waals surface area contributed by atoms with E-state index in [-0.39, 0.29) is 5.91 Å². The van der Waals surface area contributed by atoms with Gasteiger partial charge in [0.1, 0.15) is 0 Å². The summed E-state index contributed by atoms with van der Waals surface area (Å²) in [6, 6.07) is 3.63. The fraction of sp³-hybridized carbons (Fsp3) is 0.286. The highest BCUT2D eigenvalue weighted by Gasteiger charge is 2.06. The van der Waals surface area contributed by atoms with E-state index in [2.05, 4.69) is 26.8 Å². The second-order valence-corrected chi connectivity index (χ2v) is 4.55. The van der Waals surface area contributed by atoms with Crippen LogP contribution in [-0.4, -0.2) is 12.5 Å². The smallest absolute Gasteiger partial charge is 0.275 e. The maximum Gasteiger partial charge on any atom is 0.275 e. The van der Waals surface area contributed by atoms with E-state index < -0.39 is 0 Å². The lowest BCUT2D eigenvalue weighted by Gasteiger charge is -2.01. The van der Waals surface area contributed by atoms with Crippen molar-refractivity contribution in [3.63, 3.8) is 0 Å². The summed E-state index contributed by atoms with van der Waals surface area (Å²) in [5.74, 6) is -0.0902. The Hall–Kier alpha value is -0.390. The third kappa shape index (κ3) is 2.58. The molecule has 0 unspecified atom stereocenters. The molecule has 0 aliphatic carbocycles. The van der Waals surface area contributed by atoms with E-state index in [0.29, 0.717) is 4.88 Å². The van der Waals surface area contributed by atoms with Crippen molar-refractivity contribution in [1.29, 1.82) is 0 Å². The molecule has 12 heavy (non-hydrogen) atoms.